The van der Waals surface area contributed by atoms with Gasteiger partial charge in [0.25, 0.3) is 0 Å². The second-order valence-electron chi connectivity index (χ2n) is 8.37. The Balaban J connectivity index is 0.00000432. The Hall–Kier alpha value is -0.680. The van der Waals surface area contributed by atoms with Crippen molar-refractivity contribution < 1.29 is 85.3 Å². The van der Waals surface area contributed by atoms with Gasteiger partial charge < -0.3 is 85.3 Å². The average molecular weight is 522 g/mol. The van der Waals surface area contributed by atoms with Crippen molar-refractivity contribution in [3.05, 3.63) is 0 Å². The van der Waals surface area contributed by atoms with Crippen LogP contribution in [0.1, 0.15) is 0 Å². The second kappa shape index (κ2) is 12.2. The lowest BCUT2D eigenvalue weighted by molar-refractivity contribution is -0.400. The monoisotopic (exact) mass is 522 g/mol. The van der Waals surface area contributed by atoms with Gasteiger partial charge in [-0.25, -0.2) is 0 Å². The Morgan fingerprint density at radius 1 is 0.571 bits per heavy atom. The molecule has 17 nitrogen and oxygen atoms in total. The predicted molar refractivity (Wildman–Crippen MR) is 105 cm³/mol. The van der Waals surface area contributed by atoms with E-state index in [4.69, 9.17) is 23.7 Å². The fourth-order valence-electron chi connectivity index (χ4n) is 4.12. The summed E-state index contributed by atoms with van der Waals surface area (Å²) in [7, 11) is 0. The average Bonchev–Trinajstić information content (AvgIpc) is 3.10. The first-order valence-electron chi connectivity index (χ1n) is 10.6. The van der Waals surface area contributed by atoms with Gasteiger partial charge in [-0.15, -0.1) is 0 Å². The van der Waals surface area contributed by atoms with Gasteiger partial charge in [0, 0.05) is 0 Å². The molecule has 0 saturated carbocycles. The van der Waals surface area contributed by atoms with E-state index in [9.17, 15) is 56.2 Å². The lowest BCUT2D eigenvalue weighted by Gasteiger charge is -2.45. The van der Waals surface area contributed by atoms with Crippen LogP contribution in [0.4, 0.5) is 0 Å². The first kappa shape index (κ1) is 30.5. The molecule has 10 unspecified atom stereocenters. The molecule has 0 bridgehead atoms. The van der Waals surface area contributed by atoms with Crippen molar-refractivity contribution in [3.63, 3.8) is 0 Å². The molecule has 17 heteroatoms. The molecule has 14 atom stereocenters. The highest BCUT2D eigenvalue weighted by Crippen LogP contribution is 2.39. The highest BCUT2D eigenvalue weighted by atomic mass is 16.8. The fourth-order valence-corrected chi connectivity index (χ4v) is 4.12. The third-order valence-corrected chi connectivity index (χ3v) is 6.17. The first-order valence-corrected chi connectivity index (χ1v) is 10.6. The van der Waals surface area contributed by atoms with Crippen LogP contribution in [0.15, 0.2) is 0 Å². The van der Waals surface area contributed by atoms with Gasteiger partial charge in [0.05, 0.1) is 19.8 Å². The fraction of sp³-hybridized carbons (Fsp3) is 1.00. The number of ether oxygens (including phenoxy) is 5. The zero-order chi connectivity index (χ0) is 25.4. The minimum atomic E-state index is -2.43. The summed E-state index contributed by atoms with van der Waals surface area (Å²) in [5, 5.41) is 109. The van der Waals surface area contributed by atoms with E-state index in [1.54, 1.807) is 0 Å². The topological polar surface area (TPSA) is 300 Å². The Bertz CT molecular complexity index is 653. The second-order valence-corrected chi connectivity index (χ2v) is 8.37. The molecule has 0 amide bonds. The van der Waals surface area contributed by atoms with Crippen LogP contribution in [0, 0.1) is 0 Å². The smallest absolute Gasteiger partial charge is 0.224 e. The SMILES string of the molecule is O.OCC1OC(O[C@@H]2[C@@H](O)[C@@H](CO)O[C@@]2(CO)OC2OC(CO)C(O)C(O)C2O)C(O)C(O)C1O. The van der Waals surface area contributed by atoms with Crippen molar-refractivity contribution in [2.45, 2.75) is 85.5 Å². The molecule has 13 N–H and O–H groups in total. The van der Waals surface area contributed by atoms with E-state index in [1.165, 1.54) is 0 Å². The Morgan fingerprint density at radius 3 is 1.49 bits per heavy atom. The normalized spacial score (nSPS) is 50.7. The molecule has 0 aromatic carbocycles. The maximum Gasteiger partial charge on any atom is 0.224 e. The minimum Gasteiger partial charge on any atom is -0.412 e. The van der Waals surface area contributed by atoms with E-state index in [-0.39, 0.29) is 5.48 Å². The summed E-state index contributed by atoms with van der Waals surface area (Å²) in [4.78, 5) is 0. The largest absolute Gasteiger partial charge is 0.412 e. The van der Waals surface area contributed by atoms with E-state index in [1.807, 2.05) is 0 Å². The lowest BCUT2D eigenvalue weighted by atomic mass is 9.98. The summed E-state index contributed by atoms with van der Waals surface area (Å²) in [6.45, 7) is -3.49. The molecule has 0 aromatic heterocycles. The molecule has 0 aromatic rings. The van der Waals surface area contributed by atoms with Crippen molar-refractivity contribution in [1.29, 1.82) is 0 Å². The molecule has 3 heterocycles. The quantitative estimate of drug-likeness (QED) is 0.141. The highest BCUT2D eigenvalue weighted by Gasteiger charge is 2.61. The summed E-state index contributed by atoms with van der Waals surface area (Å²) in [6, 6.07) is 0. The zero-order valence-electron chi connectivity index (χ0n) is 18.3. The molecule has 0 spiro atoms. The van der Waals surface area contributed by atoms with Crippen molar-refractivity contribution >= 4 is 0 Å². The summed E-state index contributed by atoms with van der Waals surface area (Å²) in [5.74, 6) is -2.43. The van der Waals surface area contributed by atoms with E-state index >= 15 is 0 Å². The predicted octanol–water partition coefficient (Wildman–Crippen LogP) is -8.40. The molecule has 0 aliphatic carbocycles. The van der Waals surface area contributed by atoms with Gasteiger partial charge >= 0.3 is 0 Å². The van der Waals surface area contributed by atoms with E-state index in [2.05, 4.69) is 0 Å². The summed E-state index contributed by atoms with van der Waals surface area (Å²) >= 11 is 0. The van der Waals surface area contributed by atoms with Crippen LogP contribution in [-0.4, -0.2) is 174 Å². The summed E-state index contributed by atoms with van der Waals surface area (Å²) < 4.78 is 27.0. The molecule has 3 aliphatic rings. The molecular formula is C18H34O17. The Morgan fingerprint density at radius 2 is 1.03 bits per heavy atom. The maximum atomic E-state index is 10.6. The standard InChI is InChI=1S/C18H32O16.H2O/c19-1-5-8(23)11(26)13(28)16(30-5)32-15-10(25)7(3-21)33-18(15,4-22)34-17-14(29)12(27)9(24)6(2-20)31-17;/h5-17,19-29H,1-4H2;1H2/t5?,6?,7-,8?,9?,10+,11?,12?,13?,14?,15-,16?,17?,18+;/m1./s1. The van der Waals surface area contributed by atoms with Crippen molar-refractivity contribution in [2.24, 2.45) is 0 Å². The number of rotatable bonds is 8. The van der Waals surface area contributed by atoms with Crippen molar-refractivity contribution in [2.75, 3.05) is 26.4 Å². The molecule has 3 fully saturated rings. The van der Waals surface area contributed by atoms with Crippen LogP contribution < -0.4 is 0 Å². The van der Waals surface area contributed by atoms with Crippen LogP contribution in [-0.2, 0) is 23.7 Å². The third kappa shape index (κ3) is 5.61. The minimum absolute atomic E-state index is 0. The first-order chi connectivity index (χ1) is 16.0. The van der Waals surface area contributed by atoms with Crippen LogP contribution in [0.3, 0.4) is 0 Å². The molecule has 35 heavy (non-hydrogen) atoms. The number of hydrogen-bond donors (Lipinski definition) is 11. The van der Waals surface area contributed by atoms with E-state index in [0.717, 1.165) is 0 Å². The summed E-state index contributed by atoms with van der Waals surface area (Å²) in [6.07, 6.45) is -22.3. The van der Waals surface area contributed by atoms with Gasteiger partial charge in [-0.1, -0.05) is 0 Å². The maximum absolute atomic E-state index is 10.6. The van der Waals surface area contributed by atoms with Crippen molar-refractivity contribution in [3.8, 4) is 0 Å². The van der Waals surface area contributed by atoms with Crippen molar-refractivity contribution in [1.82, 2.24) is 0 Å². The van der Waals surface area contributed by atoms with Crippen LogP contribution in [0.25, 0.3) is 0 Å². The van der Waals surface area contributed by atoms with Crippen LogP contribution in [0.5, 0.6) is 0 Å². The number of hydrogen-bond acceptors (Lipinski definition) is 16. The molecule has 3 aliphatic heterocycles. The Labute approximate surface area is 198 Å². The van der Waals surface area contributed by atoms with Crippen LogP contribution in [0.2, 0.25) is 0 Å². The molecule has 0 radical (unpaired) electrons. The van der Waals surface area contributed by atoms with Gasteiger partial charge in [0.2, 0.25) is 5.79 Å². The highest BCUT2D eigenvalue weighted by molar-refractivity contribution is 5.01. The molecule has 3 saturated heterocycles. The van der Waals surface area contributed by atoms with Gasteiger partial charge in [-0.05, 0) is 0 Å². The van der Waals surface area contributed by atoms with Gasteiger partial charge in [0.15, 0.2) is 12.6 Å². The van der Waals surface area contributed by atoms with Gasteiger partial charge in [-0.2, -0.15) is 0 Å². The number of aliphatic hydroxyl groups is 11. The molecule has 3 rings (SSSR count). The van der Waals surface area contributed by atoms with E-state index < -0.39 is 112 Å². The van der Waals surface area contributed by atoms with Gasteiger partial charge in [0.1, 0.15) is 73.8 Å². The Kier molecular flexibility index (Phi) is 10.7. The lowest BCUT2D eigenvalue weighted by Crippen LogP contribution is -2.64. The molecule has 208 valence electrons. The van der Waals surface area contributed by atoms with Gasteiger partial charge in [-0.3, -0.25) is 0 Å². The summed E-state index contributed by atoms with van der Waals surface area (Å²) in [5.41, 5.74) is 0. The van der Waals surface area contributed by atoms with E-state index in [0.29, 0.717) is 0 Å². The number of aliphatic hydroxyl groups excluding tert-OH is 11. The van der Waals surface area contributed by atoms with Crippen LogP contribution >= 0.6 is 0 Å². The third-order valence-electron chi connectivity index (χ3n) is 6.17. The molecular weight excluding hydrogens is 488 g/mol. The zero-order valence-corrected chi connectivity index (χ0v) is 18.3.